The average molecular weight is 295 g/mol. The lowest BCUT2D eigenvalue weighted by Gasteiger charge is -2.20. The molecule has 20 heavy (non-hydrogen) atoms. The lowest BCUT2D eigenvalue weighted by atomic mass is 9.90. The molecule has 1 N–H and O–H groups in total. The Kier molecular flexibility index (Phi) is 4.51. The van der Waals surface area contributed by atoms with Gasteiger partial charge in [0.2, 0.25) is 0 Å². The number of benzene rings is 1. The van der Waals surface area contributed by atoms with Crippen LogP contribution in [-0.4, -0.2) is 29.2 Å². The molecular formula is C13H17N3O3S. The maximum absolute atomic E-state index is 11.0. The summed E-state index contributed by atoms with van der Waals surface area (Å²) in [6.07, 6.45) is 3.83. The molecule has 0 aliphatic heterocycles. The van der Waals surface area contributed by atoms with Crippen LogP contribution in [0.1, 0.15) is 24.0 Å². The van der Waals surface area contributed by atoms with Crippen LogP contribution in [0.2, 0.25) is 0 Å². The Morgan fingerprint density at radius 1 is 1.40 bits per heavy atom. The summed E-state index contributed by atoms with van der Waals surface area (Å²) in [5, 5.41) is 12.8. The molecule has 0 heterocycles. The molecule has 6 nitrogen and oxygen atoms in total. The second-order valence-corrected chi connectivity index (χ2v) is 5.31. The van der Waals surface area contributed by atoms with Crippen molar-refractivity contribution in [1.82, 2.24) is 10.4 Å². The van der Waals surface area contributed by atoms with Crippen LogP contribution in [0.5, 0.6) is 5.75 Å². The highest BCUT2D eigenvalue weighted by atomic mass is 32.1. The lowest BCUT2D eigenvalue weighted by molar-refractivity contribution is -0.385. The fourth-order valence-corrected chi connectivity index (χ4v) is 2.59. The van der Waals surface area contributed by atoms with E-state index >= 15 is 0 Å². The first kappa shape index (κ1) is 14.7. The predicted octanol–water partition coefficient (Wildman–Crippen LogP) is 2.20. The van der Waals surface area contributed by atoms with E-state index in [0.717, 1.165) is 36.8 Å². The molecule has 0 fully saturated rings. The Morgan fingerprint density at radius 2 is 2.10 bits per heavy atom. The van der Waals surface area contributed by atoms with Gasteiger partial charge in [-0.3, -0.25) is 15.5 Å². The minimum atomic E-state index is -0.399. The van der Waals surface area contributed by atoms with E-state index in [1.165, 1.54) is 6.07 Å². The number of nitrogens with one attached hydrogen (secondary N) is 1. The Bertz CT molecular complexity index is 546. The molecule has 1 aromatic rings. The topological polar surface area (TPSA) is 67.6 Å². The van der Waals surface area contributed by atoms with Gasteiger partial charge in [-0.05, 0) is 49.0 Å². The van der Waals surface area contributed by atoms with Gasteiger partial charge in [-0.2, -0.15) is 0 Å². The summed E-state index contributed by atoms with van der Waals surface area (Å²) in [7, 11) is 3.58. The van der Waals surface area contributed by atoms with Crippen molar-refractivity contribution in [2.45, 2.75) is 25.7 Å². The fourth-order valence-electron chi connectivity index (χ4n) is 2.31. The quantitative estimate of drug-likeness (QED) is 0.524. The first-order valence-electron chi connectivity index (χ1n) is 6.43. The zero-order valence-corrected chi connectivity index (χ0v) is 12.3. The molecule has 0 atom stereocenters. The normalized spacial score (nSPS) is 13.8. The highest BCUT2D eigenvalue weighted by Crippen LogP contribution is 2.34. The summed E-state index contributed by atoms with van der Waals surface area (Å²) in [5.41, 5.74) is 4.89. The Morgan fingerprint density at radius 3 is 2.75 bits per heavy atom. The SMILES string of the molecule is CN(C)NC(=S)Oc1cc([N+](=O)[O-])cc2c1CCCC2. The van der Waals surface area contributed by atoms with Crippen molar-refractivity contribution in [2.24, 2.45) is 0 Å². The number of ether oxygens (including phenoxy) is 1. The first-order valence-corrected chi connectivity index (χ1v) is 6.84. The molecule has 2 rings (SSSR count). The van der Waals surface area contributed by atoms with Crippen molar-refractivity contribution in [2.75, 3.05) is 14.1 Å². The second kappa shape index (κ2) is 6.15. The zero-order chi connectivity index (χ0) is 14.7. The summed E-state index contributed by atoms with van der Waals surface area (Å²) < 4.78 is 5.59. The van der Waals surface area contributed by atoms with Gasteiger partial charge >= 0.3 is 0 Å². The number of nitro groups is 1. The van der Waals surface area contributed by atoms with E-state index in [1.807, 2.05) is 0 Å². The lowest BCUT2D eigenvalue weighted by Crippen LogP contribution is -2.38. The average Bonchev–Trinajstić information content (AvgIpc) is 2.37. The number of nitrogens with zero attached hydrogens (tertiary/aromatic N) is 2. The van der Waals surface area contributed by atoms with Crippen molar-refractivity contribution in [3.8, 4) is 5.75 Å². The second-order valence-electron chi connectivity index (χ2n) is 4.94. The van der Waals surface area contributed by atoms with Crippen LogP contribution in [0, 0.1) is 10.1 Å². The van der Waals surface area contributed by atoms with E-state index in [2.05, 4.69) is 5.43 Å². The van der Waals surface area contributed by atoms with Crippen LogP contribution in [-0.2, 0) is 12.8 Å². The molecule has 1 aromatic carbocycles. The third-order valence-corrected chi connectivity index (χ3v) is 3.31. The maximum atomic E-state index is 11.0. The first-order chi connectivity index (χ1) is 9.47. The molecule has 1 aliphatic rings. The molecule has 0 unspecified atom stereocenters. The largest absolute Gasteiger partial charge is 0.430 e. The van der Waals surface area contributed by atoms with Crippen LogP contribution in [0.15, 0.2) is 12.1 Å². The van der Waals surface area contributed by atoms with E-state index in [1.54, 1.807) is 25.2 Å². The number of hydrazine groups is 1. The van der Waals surface area contributed by atoms with Gasteiger partial charge in [-0.15, -0.1) is 0 Å². The zero-order valence-electron chi connectivity index (χ0n) is 11.5. The summed E-state index contributed by atoms with van der Waals surface area (Å²) in [6.45, 7) is 0. The maximum Gasteiger partial charge on any atom is 0.277 e. The van der Waals surface area contributed by atoms with E-state index in [0.29, 0.717) is 5.75 Å². The van der Waals surface area contributed by atoms with Crippen LogP contribution in [0.4, 0.5) is 5.69 Å². The van der Waals surface area contributed by atoms with Gasteiger partial charge in [0.05, 0.1) is 11.0 Å². The molecule has 1 aliphatic carbocycles. The number of hydrogen-bond donors (Lipinski definition) is 1. The van der Waals surface area contributed by atoms with E-state index in [-0.39, 0.29) is 10.9 Å². The molecule has 7 heteroatoms. The standard InChI is InChI=1S/C13H17N3O3S/c1-15(2)14-13(20)19-12-8-10(16(17)18)7-9-5-3-4-6-11(9)12/h7-8H,3-6H2,1-2H3,(H,14,20). The third-order valence-electron chi connectivity index (χ3n) is 3.14. The number of hydrogen-bond acceptors (Lipinski definition) is 5. The highest BCUT2D eigenvalue weighted by Gasteiger charge is 2.21. The van der Waals surface area contributed by atoms with Crippen molar-refractivity contribution in [3.63, 3.8) is 0 Å². The molecule has 0 spiro atoms. The minimum Gasteiger partial charge on any atom is -0.430 e. The van der Waals surface area contributed by atoms with Crippen molar-refractivity contribution in [1.29, 1.82) is 0 Å². The molecule has 108 valence electrons. The van der Waals surface area contributed by atoms with E-state index < -0.39 is 4.92 Å². The molecule has 0 aromatic heterocycles. The number of fused-ring (bicyclic) bond motifs is 1. The third kappa shape index (κ3) is 3.43. The van der Waals surface area contributed by atoms with E-state index in [4.69, 9.17) is 17.0 Å². The number of rotatable bonds is 3. The Hall–Kier alpha value is -1.73. The molecule has 0 saturated heterocycles. The van der Waals surface area contributed by atoms with Gasteiger partial charge in [-0.25, -0.2) is 5.01 Å². The van der Waals surface area contributed by atoms with Gasteiger partial charge in [0.15, 0.2) is 0 Å². The highest BCUT2D eigenvalue weighted by molar-refractivity contribution is 7.80. The van der Waals surface area contributed by atoms with Gasteiger partial charge in [0, 0.05) is 20.2 Å². The molecule has 0 bridgehead atoms. The van der Waals surface area contributed by atoms with Crippen LogP contribution in [0.3, 0.4) is 0 Å². The predicted molar refractivity (Wildman–Crippen MR) is 79.8 cm³/mol. The molecular weight excluding hydrogens is 278 g/mol. The summed E-state index contributed by atoms with van der Waals surface area (Å²) >= 11 is 5.08. The number of thiocarbonyl (C=S) groups is 1. The van der Waals surface area contributed by atoms with Crippen molar-refractivity contribution < 1.29 is 9.66 Å². The molecule has 0 amide bonds. The Balaban J connectivity index is 2.32. The molecule has 0 saturated carbocycles. The number of non-ortho nitro benzene ring substituents is 1. The summed E-state index contributed by atoms with van der Waals surface area (Å²) in [5.74, 6) is 0.494. The van der Waals surface area contributed by atoms with Crippen LogP contribution >= 0.6 is 12.2 Å². The van der Waals surface area contributed by atoms with E-state index in [9.17, 15) is 10.1 Å². The van der Waals surface area contributed by atoms with Gasteiger partial charge in [0.25, 0.3) is 10.9 Å². The fraction of sp³-hybridized carbons (Fsp3) is 0.462. The number of nitro benzene ring substituents is 1. The van der Waals surface area contributed by atoms with Crippen LogP contribution < -0.4 is 10.2 Å². The van der Waals surface area contributed by atoms with Crippen molar-refractivity contribution >= 4 is 23.1 Å². The molecule has 0 radical (unpaired) electrons. The Labute approximate surface area is 122 Å². The summed E-state index contributed by atoms with van der Waals surface area (Å²) in [6, 6.07) is 3.09. The monoisotopic (exact) mass is 295 g/mol. The summed E-state index contributed by atoms with van der Waals surface area (Å²) in [4.78, 5) is 10.6. The smallest absolute Gasteiger partial charge is 0.277 e. The van der Waals surface area contributed by atoms with Crippen LogP contribution in [0.25, 0.3) is 0 Å². The van der Waals surface area contributed by atoms with Gasteiger partial charge in [0.1, 0.15) is 5.75 Å². The van der Waals surface area contributed by atoms with Crippen molar-refractivity contribution in [3.05, 3.63) is 33.4 Å². The minimum absolute atomic E-state index is 0.0494. The number of aryl methyl sites for hydroxylation is 1. The van der Waals surface area contributed by atoms with Gasteiger partial charge < -0.3 is 4.74 Å². The van der Waals surface area contributed by atoms with Gasteiger partial charge in [-0.1, -0.05) is 0 Å².